The molecule has 1 aliphatic rings. The molecule has 9 heteroatoms. The van der Waals surface area contributed by atoms with E-state index in [1.165, 1.54) is 0 Å². The fourth-order valence-electron chi connectivity index (χ4n) is 4.08. The number of nitrogens with two attached hydrogens (primary N) is 1. The van der Waals surface area contributed by atoms with Crippen LogP contribution in [0.5, 0.6) is 0 Å². The number of hydrogen-bond acceptors (Lipinski definition) is 5. The number of nitrogens with zero attached hydrogens (tertiary/aromatic N) is 4. The van der Waals surface area contributed by atoms with Crippen molar-refractivity contribution in [2.75, 3.05) is 26.2 Å². The maximum Gasteiger partial charge on any atom is 0.247 e. The Labute approximate surface area is 189 Å². The Bertz CT molecular complexity index is 960. The smallest absolute Gasteiger partial charge is 0.247 e. The molecule has 0 spiro atoms. The first-order valence-electron chi connectivity index (χ1n) is 10.7. The van der Waals surface area contributed by atoms with Crippen molar-refractivity contribution < 1.29 is 4.79 Å². The molecule has 1 saturated heterocycles. The van der Waals surface area contributed by atoms with Crippen LogP contribution in [-0.2, 0) is 11.2 Å². The van der Waals surface area contributed by atoms with Gasteiger partial charge in [-0.2, -0.15) is 0 Å². The van der Waals surface area contributed by atoms with Gasteiger partial charge < -0.3 is 20.9 Å². The molecule has 1 aromatic carbocycles. The Morgan fingerprint density at radius 2 is 1.97 bits per heavy atom. The zero-order valence-corrected chi connectivity index (χ0v) is 18.9. The zero-order chi connectivity index (χ0) is 21.1. The van der Waals surface area contributed by atoms with E-state index in [4.69, 9.17) is 5.73 Å². The Hall–Kier alpha value is -2.42. The van der Waals surface area contributed by atoms with Crippen LogP contribution in [0.25, 0.3) is 10.9 Å². The highest BCUT2D eigenvalue weighted by atomic mass is 35.5. The second-order valence-corrected chi connectivity index (χ2v) is 8.54. The fraction of sp³-hybridized carbons (Fsp3) is 0.500. The molecule has 4 rings (SSSR count). The average molecular weight is 446 g/mol. The van der Waals surface area contributed by atoms with Crippen LogP contribution < -0.4 is 11.1 Å². The summed E-state index contributed by atoms with van der Waals surface area (Å²) >= 11 is 0. The number of carbonyl (C=O) groups is 1. The predicted molar refractivity (Wildman–Crippen MR) is 124 cm³/mol. The molecule has 0 aliphatic carbocycles. The molecule has 0 saturated carbocycles. The highest BCUT2D eigenvalue weighted by Gasteiger charge is 2.29. The zero-order valence-electron chi connectivity index (χ0n) is 18.1. The van der Waals surface area contributed by atoms with Crippen molar-refractivity contribution in [3.8, 4) is 0 Å². The largest absolute Gasteiger partial charge is 0.358 e. The molecular weight excluding hydrogens is 414 g/mol. The number of piperazine rings is 1. The summed E-state index contributed by atoms with van der Waals surface area (Å²) in [4.78, 5) is 18.8. The highest BCUT2D eigenvalue weighted by molar-refractivity contribution is 5.85. The SMILES string of the molecule is CC(C)C[C@H](N)c1cn([C@@H](Cc2cc3ccccc3[nH]2)C(=O)N2CCNCC2)nn1.Cl. The molecule has 3 heterocycles. The summed E-state index contributed by atoms with van der Waals surface area (Å²) < 4.78 is 1.70. The van der Waals surface area contributed by atoms with E-state index in [9.17, 15) is 4.79 Å². The van der Waals surface area contributed by atoms with Crippen molar-refractivity contribution >= 4 is 29.2 Å². The maximum absolute atomic E-state index is 13.4. The molecule has 0 bridgehead atoms. The van der Waals surface area contributed by atoms with Crippen LogP contribution in [0.2, 0.25) is 0 Å². The quantitative estimate of drug-likeness (QED) is 0.518. The summed E-state index contributed by atoms with van der Waals surface area (Å²) in [6.45, 7) is 7.31. The minimum absolute atomic E-state index is 0. The van der Waals surface area contributed by atoms with Gasteiger partial charge in [0.25, 0.3) is 0 Å². The summed E-state index contributed by atoms with van der Waals surface area (Å²) in [5.74, 6) is 0.541. The molecular formula is C22H32ClN7O. The fourth-order valence-corrected chi connectivity index (χ4v) is 4.08. The number of H-pyrrole nitrogens is 1. The summed E-state index contributed by atoms with van der Waals surface area (Å²) in [5.41, 5.74) is 9.12. The van der Waals surface area contributed by atoms with Gasteiger partial charge in [0.15, 0.2) is 0 Å². The second-order valence-electron chi connectivity index (χ2n) is 8.54. The van der Waals surface area contributed by atoms with Crippen LogP contribution in [0.1, 0.15) is 43.7 Å². The van der Waals surface area contributed by atoms with Gasteiger partial charge in [-0.15, -0.1) is 17.5 Å². The van der Waals surface area contributed by atoms with E-state index in [1.54, 1.807) is 4.68 Å². The number of halogens is 1. The molecule has 1 aliphatic heterocycles. The van der Waals surface area contributed by atoms with E-state index in [0.29, 0.717) is 25.4 Å². The molecule has 8 nitrogen and oxygen atoms in total. The van der Waals surface area contributed by atoms with Gasteiger partial charge in [-0.25, -0.2) is 4.68 Å². The molecule has 0 radical (unpaired) electrons. The van der Waals surface area contributed by atoms with Crippen LogP contribution in [0.15, 0.2) is 36.5 Å². The monoisotopic (exact) mass is 445 g/mol. The first-order chi connectivity index (χ1) is 14.5. The number of aromatic amines is 1. The number of amides is 1. The predicted octanol–water partition coefficient (Wildman–Crippen LogP) is 2.44. The normalized spacial score (nSPS) is 16.3. The van der Waals surface area contributed by atoms with E-state index in [-0.39, 0.29) is 24.4 Å². The molecule has 168 valence electrons. The van der Waals surface area contributed by atoms with Crippen LogP contribution in [0, 0.1) is 5.92 Å². The van der Waals surface area contributed by atoms with Crippen LogP contribution in [0.4, 0.5) is 0 Å². The van der Waals surface area contributed by atoms with Gasteiger partial charge in [-0.05, 0) is 29.9 Å². The molecule has 1 amide bonds. The standard InChI is InChI=1S/C22H31N7O.ClH/c1-15(2)11-18(23)20-14-29(27-26-20)21(22(30)28-9-7-24-8-10-28)13-17-12-16-5-3-4-6-19(16)25-17;/h3-6,12,14-15,18,21,24-25H,7-11,13,23H2,1-2H3;1H/t18-,21-;/m0./s1. The van der Waals surface area contributed by atoms with Crippen LogP contribution >= 0.6 is 12.4 Å². The Kier molecular flexibility index (Phi) is 7.69. The lowest BCUT2D eigenvalue weighted by Crippen LogP contribution is -2.49. The molecule has 31 heavy (non-hydrogen) atoms. The number of aromatic nitrogens is 4. The number of rotatable bonds is 7. The summed E-state index contributed by atoms with van der Waals surface area (Å²) in [6, 6.07) is 9.61. The lowest BCUT2D eigenvalue weighted by molar-refractivity contribution is -0.135. The third-order valence-corrected chi connectivity index (χ3v) is 5.67. The summed E-state index contributed by atoms with van der Waals surface area (Å²) in [7, 11) is 0. The summed E-state index contributed by atoms with van der Waals surface area (Å²) in [5, 5.41) is 13.1. The van der Waals surface area contributed by atoms with Crippen LogP contribution in [0.3, 0.4) is 0 Å². The first kappa shape index (κ1) is 23.2. The van der Waals surface area contributed by atoms with Crippen molar-refractivity contribution in [3.05, 3.63) is 47.9 Å². The lowest BCUT2D eigenvalue weighted by atomic mass is 10.0. The highest BCUT2D eigenvalue weighted by Crippen LogP contribution is 2.23. The van der Waals surface area contributed by atoms with Gasteiger partial charge in [-0.3, -0.25) is 4.79 Å². The van der Waals surface area contributed by atoms with Crippen molar-refractivity contribution in [3.63, 3.8) is 0 Å². The molecule has 3 aromatic rings. The third-order valence-electron chi connectivity index (χ3n) is 5.67. The number of benzene rings is 1. The van der Waals surface area contributed by atoms with Gasteiger partial charge in [0.05, 0.1) is 17.9 Å². The minimum Gasteiger partial charge on any atom is -0.358 e. The number of fused-ring (bicyclic) bond motifs is 1. The van der Waals surface area contributed by atoms with Gasteiger partial charge in [0, 0.05) is 43.8 Å². The van der Waals surface area contributed by atoms with Crippen molar-refractivity contribution in [2.24, 2.45) is 11.7 Å². The maximum atomic E-state index is 13.4. The van der Waals surface area contributed by atoms with E-state index < -0.39 is 6.04 Å². The second kappa shape index (κ2) is 10.3. The minimum atomic E-state index is -0.455. The Morgan fingerprint density at radius 1 is 1.23 bits per heavy atom. The van der Waals surface area contributed by atoms with Crippen LogP contribution in [-0.4, -0.2) is 57.0 Å². The Balaban J connectivity index is 0.00000272. The molecule has 2 aromatic heterocycles. The number of nitrogens with one attached hydrogen (secondary N) is 2. The number of hydrogen-bond donors (Lipinski definition) is 3. The van der Waals surface area contributed by atoms with Gasteiger partial charge >= 0.3 is 0 Å². The van der Waals surface area contributed by atoms with Gasteiger partial charge in [0.2, 0.25) is 5.91 Å². The van der Waals surface area contributed by atoms with E-state index >= 15 is 0 Å². The van der Waals surface area contributed by atoms with Gasteiger partial charge in [-0.1, -0.05) is 37.3 Å². The van der Waals surface area contributed by atoms with Crippen molar-refractivity contribution in [1.29, 1.82) is 0 Å². The van der Waals surface area contributed by atoms with E-state index in [0.717, 1.165) is 41.8 Å². The van der Waals surface area contributed by atoms with E-state index in [1.807, 2.05) is 29.3 Å². The van der Waals surface area contributed by atoms with Crippen molar-refractivity contribution in [1.82, 2.24) is 30.2 Å². The first-order valence-corrected chi connectivity index (χ1v) is 10.7. The summed E-state index contributed by atoms with van der Waals surface area (Å²) in [6.07, 6.45) is 3.21. The molecule has 4 N–H and O–H groups in total. The number of carbonyl (C=O) groups excluding carboxylic acids is 1. The van der Waals surface area contributed by atoms with Crippen molar-refractivity contribution in [2.45, 2.75) is 38.8 Å². The lowest BCUT2D eigenvalue weighted by Gasteiger charge is -2.30. The topological polar surface area (TPSA) is 105 Å². The molecule has 0 unspecified atom stereocenters. The molecule has 1 fully saturated rings. The third kappa shape index (κ3) is 5.44. The van der Waals surface area contributed by atoms with Gasteiger partial charge in [0.1, 0.15) is 6.04 Å². The van der Waals surface area contributed by atoms with E-state index in [2.05, 4.69) is 46.6 Å². The Morgan fingerprint density at radius 3 is 2.68 bits per heavy atom. The molecule has 2 atom stereocenters. The average Bonchev–Trinajstić information content (AvgIpc) is 3.38. The number of para-hydroxylation sites is 1.